The monoisotopic (exact) mass is 877 g/mol. The number of anilines is 2. The maximum absolute atomic E-state index is 14.2. The Kier molecular flexibility index (Phi) is 15.3. The molecular weight excluding hydrogens is 819 g/mol. The minimum absolute atomic E-state index is 0.0430. The number of benzene rings is 2. The number of halogens is 4. The number of carbonyl (C=O) groups excluding carboxylic acids is 4. The highest BCUT2D eigenvalue weighted by Gasteiger charge is 2.39. The van der Waals surface area contributed by atoms with Crippen molar-refractivity contribution in [2.24, 2.45) is 5.41 Å². The highest BCUT2D eigenvalue weighted by Crippen LogP contribution is 2.38. The van der Waals surface area contributed by atoms with E-state index in [0.717, 1.165) is 30.4 Å². The molecule has 2 aromatic rings. The van der Waals surface area contributed by atoms with Gasteiger partial charge in [0.25, 0.3) is 5.91 Å². The van der Waals surface area contributed by atoms with Crippen molar-refractivity contribution >= 4 is 47.0 Å². The zero-order valence-electron chi connectivity index (χ0n) is 35.3. The molecule has 3 N–H and O–H groups in total. The Morgan fingerprint density at radius 1 is 0.984 bits per heavy atom. The van der Waals surface area contributed by atoms with E-state index in [4.69, 9.17) is 31.5 Å². The molecule has 14 nitrogen and oxygen atoms in total. The second kappa shape index (κ2) is 20.2. The van der Waals surface area contributed by atoms with Crippen LogP contribution in [0.1, 0.15) is 62.6 Å². The number of hydrogen-bond donors (Lipinski definition) is 2. The number of urea groups is 1. The van der Waals surface area contributed by atoms with Crippen molar-refractivity contribution < 1.29 is 46.6 Å². The molecule has 6 rings (SSSR count). The second-order valence-electron chi connectivity index (χ2n) is 17.1. The van der Waals surface area contributed by atoms with Gasteiger partial charge in [-0.1, -0.05) is 29.8 Å². The zero-order valence-corrected chi connectivity index (χ0v) is 36.1. The molecule has 4 amide bonds. The van der Waals surface area contributed by atoms with E-state index >= 15 is 0 Å². The predicted octanol–water partition coefficient (Wildman–Crippen LogP) is 5.76. The first kappa shape index (κ1) is 46.2. The Balaban J connectivity index is 1.05. The van der Waals surface area contributed by atoms with E-state index in [1.807, 2.05) is 45.2 Å². The number of para-hydroxylation sites is 1. The van der Waals surface area contributed by atoms with E-state index in [-0.39, 0.29) is 54.2 Å². The molecule has 0 radical (unpaired) electrons. The van der Waals surface area contributed by atoms with E-state index in [1.165, 1.54) is 11.0 Å². The number of amides is 4. The molecule has 0 aliphatic carbocycles. The molecule has 2 aromatic carbocycles. The summed E-state index contributed by atoms with van der Waals surface area (Å²) in [6.07, 6.45) is -3.95. The fourth-order valence-electron chi connectivity index (χ4n) is 8.47. The molecule has 0 aromatic heterocycles. The molecular formula is C43H59ClF3N7O7. The zero-order chi connectivity index (χ0) is 43.9. The molecule has 0 unspecified atom stereocenters. The van der Waals surface area contributed by atoms with E-state index in [1.54, 1.807) is 9.80 Å². The molecule has 4 aliphatic heterocycles. The minimum atomic E-state index is -4.80. The van der Waals surface area contributed by atoms with Crippen LogP contribution in [0.25, 0.3) is 0 Å². The van der Waals surface area contributed by atoms with Gasteiger partial charge in [-0.3, -0.25) is 14.5 Å². The Hall–Kier alpha value is -4.32. The number of carbonyl (C=O) groups is 4. The van der Waals surface area contributed by atoms with Crippen LogP contribution >= 0.6 is 11.6 Å². The first-order valence-corrected chi connectivity index (χ1v) is 21.6. The summed E-state index contributed by atoms with van der Waals surface area (Å²) in [5.41, 5.74) is 5.10. The van der Waals surface area contributed by atoms with Crippen LogP contribution in [0.2, 0.25) is 5.02 Å². The Labute approximate surface area is 360 Å². The van der Waals surface area contributed by atoms with E-state index in [9.17, 15) is 32.3 Å². The first-order valence-electron chi connectivity index (χ1n) is 21.2. The van der Waals surface area contributed by atoms with Gasteiger partial charge in [0.2, 0.25) is 0 Å². The summed E-state index contributed by atoms with van der Waals surface area (Å²) in [7, 11) is 1.98. The number of esters is 1. The van der Waals surface area contributed by atoms with Gasteiger partial charge in [0, 0.05) is 76.5 Å². The fraction of sp³-hybridized carbons (Fsp3) is 0.628. The van der Waals surface area contributed by atoms with Crippen molar-refractivity contribution in [3.63, 3.8) is 0 Å². The van der Waals surface area contributed by atoms with Gasteiger partial charge in [0.15, 0.2) is 6.10 Å². The van der Waals surface area contributed by atoms with Crippen molar-refractivity contribution in [3.05, 3.63) is 58.1 Å². The number of fused-ring (bicyclic) bond motifs is 1. The van der Waals surface area contributed by atoms with E-state index < -0.39 is 40.9 Å². The third-order valence-corrected chi connectivity index (χ3v) is 12.8. The van der Waals surface area contributed by atoms with Gasteiger partial charge in [-0.25, -0.2) is 9.59 Å². The van der Waals surface area contributed by atoms with Crippen LogP contribution < -0.4 is 11.1 Å². The molecule has 0 saturated carbocycles. The van der Waals surface area contributed by atoms with Crippen molar-refractivity contribution in [1.82, 2.24) is 24.5 Å². The quantitative estimate of drug-likeness (QED) is 0.188. The Bertz CT molecular complexity index is 1870. The molecule has 1 atom stereocenters. The maximum atomic E-state index is 14.2. The van der Waals surface area contributed by atoms with Gasteiger partial charge >= 0.3 is 24.3 Å². The van der Waals surface area contributed by atoms with Gasteiger partial charge in [0.1, 0.15) is 6.61 Å². The number of rotatable bonds is 13. The molecule has 3 saturated heterocycles. The Morgan fingerprint density at radius 2 is 1.66 bits per heavy atom. The number of ether oxygens (including phenoxy) is 3. The average Bonchev–Trinajstić information content (AvgIpc) is 3.41. The van der Waals surface area contributed by atoms with Crippen molar-refractivity contribution in [2.75, 3.05) is 96.8 Å². The number of morpholine rings is 1. The van der Waals surface area contributed by atoms with Gasteiger partial charge in [-0.2, -0.15) is 13.2 Å². The number of nitrogens with zero attached hydrogens (tertiary/aromatic N) is 5. The minimum Gasteiger partial charge on any atom is -0.464 e. The topological polar surface area (TPSA) is 150 Å². The highest BCUT2D eigenvalue weighted by molar-refractivity contribution is 6.33. The standard InChI is InChI=1S/C43H59ClF3N7O7/c1-42(2,39(56)60-25-22-51-20-23-59-24-21-51)13-19-50(3)31-9-14-52(15-10-31)38(55)36(28-29-26-33(43(45,46)47)37(48)34(44)27-29)61-41(58)53-16-11-32(12-17-53)54-18-8-30-6-4-5-7-35(30)49-40(54)57/h4-7,26-27,31-32,36H,8-25,28,48H2,1-3H3,(H,49,57)/t36-/m1/s1. The summed E-state index contributed by atoms with van der Waals surface area (Å²) in [5, 5.41) is 2.66. The lowest BCUT2D eigenvalue weighted by Gasteiger charge is -2.39. The average molecular weight is 878 g/mol. The largest absolute Gasteiger partial charge is 0.464 e. The van der Waals surface area contributed by atoms with Crippen LogP contribution in [0.3, 0.4) is 0 Å². The second-order valence-corrected chi connectivity index (χ2v) is 17.5. The van der Waals surface area contributed by atoms with Gasteiger partial charge in [-0.15, -0.1) is 0 Å². The molecule has 0 bridgehead atoms. The van der Waals surface area contributed by atoms with Crippen LogP contribution in [0, 0.1) is 5.41 Å². The van der Waals surface area contributed by atoms with E-state index in [0.29, 0.717) is 91.1 Å². The van der Waals surface area contributed by atoms with Crippen molar-refractivity contribution in [2.45, 2.75) is 83.2 Å². The third kappa shape index (κ3) is 12.0. The van der Waals surface area contributed by atoms with E-state index in [2.05, 4.69) is 15.1 Å². The number of hydrogen-bond acceptors (Lipinski definition) is 10. The van der Waals surface area contributed by atoms with Crippen LogP contribution in [-0.2, 0) is 42.8 Å². The molecule has 4 aliphatic rings. The smallest absolute Gasteiger partial charge is 0.418 e. The number of likely N-dealkylation sites (tertiary alicyclic amines) is 2. The van der Waals surface area contributed by atoms with Gasteiger partial charge < -0.3 is 44.9 Å². The number of alkyl halides is 3. The fourth-order valence-corrected chi connectivity index (χ4v) is 8.71. The number of nitrogens with one attached hydrogen (secondary N) is 1. The summed E-state index contributed by atoms with van der Waals surface area (Å²) >= 11 is 6.15. The summed E-state index contributed by atoms with van der Waals surface area (Å²) < 4.78 is 58.7. The normalized spacial score (nSPS) is 19.3. The Morgan fingerprint density at radius 3 is 2.34 bits per heavy atom. The summed E-state index contributed by atoms with van der Waals surface area (Å²) in [6, 6.07) is 9.53. The van der Waals surface area contributed by atoms with Crippen LogP contribution in [0.5, 0.6) is 0 Å². The molecule has 4 heterocycles. The lowest BCUT2D eigenvalue weighted by molar-refractivity contribution is -0.155. The molecule has 336 valence electrons. The van der Waals surface area contributed by atoms with Crippen molar-refractivity contribution in [1.29, 1.82) is 0 Å². The number of piperidine rings is 2. The summed E-state index contributed by atoms with van der Waals surface area (Å²) in [5.74, 6) is -0.770. The molecule has 0 spiro atoms. The lowest BCUT2D eigenvalue weighted by atomic mass is 9.89. The van der Waals surface area contributed by atoms with Crippen LogP contribution in [-0.4, -0.2) is 152 Å². The van der Waals surface area contributed by atoms with Crippen molar-refractivity contribution in [3.8, 4) is 0 Å². The number of nitrogens with two attached hydrogens (primary N) is 1. The van der Waals surface area contributed by atoms with Gasteiger partial charge in [-0.05, 0) is 95.3 Å². The highest BCUT2D eigenvalue weighted by atomic mass is 35.5. The van der Waals surface area contributed by atoms with Crippen LogP contribution in [0.15, 0.2) is 36.4 Å². The summed E-state index contributed by atoms with van der Waals surface area (Å²) in [4.78, 5) is 63.3. The summed E-state index contributed by atoms with van der Waals surface area (Å²) in [6.45, 7) is 10.1. The third-order valence-electron chi connectivity index (χ3n) is 12.5. The van der Waals surface area contributed by atoms with Crippen LogP contribution in [0.4, 0.5) is 34.1 Å². The molecule has 18 heteroatoms. The van der Waals surface area contributed by atoms with Gasteiger partial charge in [0.05, 0.1) is 34.9 Å². The maximum Gasteiger partial charge on any atom is 0.418 e. The predicted molar refractivity (Wildman–Crippen MR) is 224 cm³/mol. The molecule has 61 heavy (non-hydrogen) atoms. The molecule has 3 fully saturated rings. The first-order chi connectivity index (χ1) is 29.0. The number of nitrogen functional groups attached to an aromatic ring is 1. The SMILES string of the molecule is CN(CCC(C)(C)C(=O)OCCN1CCOCC1)C1CCN(C(=O)[C@@H](Cc2cc(Cl)c(N)c(C(F)(F)F)c2)OC(=O)N2CCC(N3CCc4ccccc4NC3=O)CC2)CC1. The lowest BCUT2D eigenvalue weighted by Crippen LogP contribution is -2.52.